The summed E-state index contributed by atoms with van der Waals surface area (Å²) < 4.78 is 5.36. The van der Waals surface area contributed by atoms with E-state index in [0.717, 1.165) is 41.5 Å². The molecule has 1 N–H and O–H groups in total. The van der Waals surface area contributed by atoms with Gasteiger partial charge in [0.05, 0.1) is 29.4 Å². The van der Waals surface area contributed by atoms with Gasteiger partial charge in [0.1, 0.15) is 0 Å². The van der Waals surface area contributed by atoms with Gasteiger partial charge in [-0.1, -0.05) is 5.16 Å². The third kappa shape index (κ3) is 4.13. The van der Waals surface area contributed by atoms with Crippen LogP contribution in [0.15, 0.2) is 10.6 Å². The maximum absolute atomic E-state index is 12.8. The van der Waals surface area contributed by atoms with Gasteiger partial charge in [0.2, 0.25) is 0 Å². The number of hydrogen-bond donors (Lipinski definition) is 1. The van der Waals surface area contributed by atoms with Crippen molar-refractivity contribution in [1.29, 1.82) is 0 Å². The van der Waals surface area contributed by atoms with Crippen LogP contribution < -0.4 is 0 Å². The van der Waals surface area contributed by atoms with Gasteiger partial charge in [-0.05, 0) is 33.6 Å². The molecule has 0 bridgehead atoms. The van der Waals surface area contributed by atoms with Gasteiger partial charge in [-0.25, -0.2) is 4.98 Å². The van der Waals surface area contributed by atoms with Crippen molar-refractivity contribution in [2.45, 2.75) is 52.3 Å². The number of hydrogen-bond acceptors (Lipinski definition) is 7. The third-order valence-corrected chi connectivity index (χ3v) is 5.85. The first-order valence-corrected chi connectivity index (χ1v) is 9.74. The number of aliphatic hydroxyl groups excluding tert-OH is 1. The summed E-state index contributed by atoms with van der Waals surface area (Å²) in [5.74, 6) is 0.498. The summed E-state index contributed by atoms with van der Waals surface area (Å²) in [6.45, 7) is 8.23. The third-order valence-electron chi connectivity index (χ3n) is 4.95. The Morgan fingerprint density at radius 2 is 2.15 bits per heavy atom. The predicted molar refractivity (Wildman–Crippen MR) is 99.1 cm³/mol. The molecule has 1 saturated heterocycles. The molecule has 2 aromatic rings. The van der Waals surface area contributed by atoms with Crippen molar-refractivity contribution >= 4 is 17.2 Å². The van der Waals surface area contributed by atoms with Crippen LogP contribution in [0, 0.1) is 13.8 Å². The lowest BCUT2D eigenvalue weighted by molar-refractivity contribution is 0.0722. The quantitative estimate of drug-likeness (QED) is 0.861. The number of aromatic nitrogens is 2. The molecule has 3 heterocycles. The minimum atomic E-state index is -0.203. The van der Waals surface area contributed by atoms with E-state index in [2.05, 4.69) is 15.0 Å². The van der Waals surface area contributed by atoms with Crippen molar-refractivity contribution in [1.82, 2.24) is 19.9 Å². The minimum Gasteiger partial charge on any atom is -0.393 e. The van der Waals surface area contributed by atoms with E-state index in [0.29, 0.717) is 18.0 Å². The second kappa shape index (κ2) is 7.85. The van der Waals surface area contributed by atoms with E-state index in [1.165, 1.54) is 0 Å². The number of thiazole rings is 1. The number of amides is 1. The number of aliphatic hydroxyl groups is 1. The first kappa shape index (κ1) is 19.0. The van der Waals surface area contributed by atoms with E-state index in [1.54, 1.807) is 29.4 Å². The van der Waals surface area contributed by atoms with Crippen molar-refractivity contribution in [2.24, 2.45) is 0 Å². The van der Waals surface area contributed by atoms with Gasteiger partial charge in [0, 0.05) is 31.1 Å². The highest BCUT2D eigenvalue weighted by molar-refractivity contribution is 7.11. The highest BCUT2D eigenvalue weighted by Gasteiger charge is 2.26. The molecular formula is C18H26N4O3S. The summed E-state index contributed by atoms with van der Waals surface area (Å²) >= 11 is 1.64. The van der Waals surface area contributed by atoms with Crippen LogP contribution in [0.5, 0.6) is 0 Å². The number of rotatable bonds is 5. The number of piperidine rings is 1. The average Bonchev–Trinajstić information content (AvgIpc) is 3.21. The Morgan fingerprint density at radius 1 is 1.46 bits per heavy atom. The van der Waals surface area contributed by atoms with Crippen molar-refractivity contribution in [3.05, 3.63) is 33.1 Å². The maximum atomic E-state index is 12.8. The smallest absolute Gasteiger partial charge is 0.276 e. The molecule has 26 heavy (non-hydrogen) atoms. The summed E-state index contributed by atoms with van der Waals surface area (Å²) in [7, 11) is 1.77. The van der Waals surface area contributed by atoms with Gasteiger partial charge in [-0.15, -0.1) is 11.3 Å². The Hall–Kier alpha value is -1.77. The lowest BCUT2D eigenvalue weighted by Crippen LogP contribution is -2.35. The molecular weight excluding hydrogens is 352 g/mol. The Labute approximate surface area is 157 Å². The van der Waals surface area contributed by atoms with E-state index < -0.39 is 0 Å². The molecule has 0 aliphatic carbocycles. The molecule has 3 rings (SSSR count). The second-order valence-corrected chi connectivity index (χ2v) is 8.36. The second-order valence-electron chi connectivity index (χ2n) is 6.95. The topological polar surface area (TPSA) is 82.7 Å². The van der Waals surface area contributed by atoms with Crippen LogP contribution >= 0.6 is 11.3 Å². The largest absolute Gasteiger partial charge is 0.393 e. The molecule has 1 aliphatic rings. The first-order valence-electron chi connectivity index (χ1n) is 8.92. The fourth-order valence-corrected chi connectivity index (χ4v) is 4.17. The van der Waals surface area contributed by atoms with Crippen LogP contribution in [0.1, 0.15) is 57.6 Å². The Balaban J connectivity index is 1.64. The number of carbonyl (C=O) groups excluding carboxylic acids is 1. The summed E-state index contributed by atoms with van der Waals surface area (Å²) in [5, 5.41) is 14.5. The van der Waals surface area contributed by atoms with Gasteiger partial charge < -0.3 is 14.5 Å². The van der Waals surface area contributed by atoms with Crippen LogP contribution in [0.4, 0.5) is 0 Å². The number of carbonyl (C=O) groups is 1. The summed E-state index contributed by atoms with van der Waals surface area (Å²) in [6.07, 6.45) is 1.34. The molecule has 1 fully saturated rings. The normalized spacial score (nSPS) is 17.4. The highest BCUT2D eigenvalue weighted by atomic mass is 32.1. The molecule has 142 valence electrons. The first-order chi connectivity index (χ1) is 12.3. The Morgan fingerprint density at radius 3 is 2.77 bits per heavy atom. The SMILES string of the molecule is Cc1nc(C(C)N(C)C(=O)c2cc(CN3CCC(O)CC3)on2)c(C)s1. The van der Waals surface area contributed by atoms with E-state index in [9.17, 15) is 9.90 Å². The number of aryl methyl sites for hydroxylation is 2. The van der Waals surface area contributed by atoms with Gasteiger partial charge in [-0.2, -0.15) is 0 Å². The van der Waals surface area contributed by atoms with Gasteiger partial charge >= 0.3 is 0 Å². The van der Waals surface area contributed by atoms with Crippen LogP contribution in [-0.4, -0.2) is 57.2 Å². The number of nitrogens with zero attached hydrogens (tertiary/aromatic N) is 4. The standard InChI is InChI=1S/C18H26N4O3S/c1-11(17-12(2)26-13(3)19-17)21(4)18(24)16-9-15(25-20-16)10-22-7-5-14(23)6-8-22/h9,11,14,23H,5-8,10H2,1-4H3. The van der Waals surface area contributed by atoms with E-state index in [4.69, 9.17) is 4.52 Å². The molecule has 8 heteroatoms. The summed E-state index contributed by atoms with van der Waals surface area (Å²) in [6, 6.07) is 1.59. The van der Waals surface area contributed by atoms with E-state index in [-0.39, 0.29) is 18.1 Å². The monoisotopic (exact) mass is 378 g/mol. The number of likely N-dealkylation sites (tertiary alicyclic amines) is 1. The Kier molecular flexibility index (Phi) is 5.74. The molecule has 1 amide bonds. The van der Waals surface area contributed by atoms with Crippen molar-refractivity contribution < 1.29 is 14.4 Å². The molecule has 0 saturated carbocycles. The van der Waals surface area contributed by atoms with E-state index >= 15 is 0 Å². The van der Waals surface area contributed by atoms with Crippen molar-refractivity contribution in [3.63, 3.8) is 0 Å². The van der Waals surface area contributed by atoms with Crippen LogP contribution in [0.3, 0.4) is 0 Å². The van der Waals surface area contributed by atoms with Gasteiger partial charge in [0.15, 0.2) is 11.5 Å². The maximum Gasteiger partial charge on any atom is 0.276 e. The lowest BCUT2D eigenvalue weighted by atomic mass is 10.1. The fourth-order valence-electron chi connectivity index (χ4n) is 3.26. The summed E-state index contributed by atoms with van der Waals surface area (Å²) in [5.41, 5.74) is 1.25. The molecule has 2 aromatic heterocycles. The van der Waals surface area contributed by atoms with Crippen molar-refractivity contribution in [2.75, 3.05) is 20.1 Å². The minimum absolute atomic E-state index is 0.129. The molecule has 1 aliphatic heterocycles. The van der Waals surface area contributed by atoms with Crippen LogP contribution in [0.2, 0.25) is 0 Å². The highest BCUT2D eigenvalue weighted by Crippen LogP contribution is 2.27. The molecule has 1 atom stereocenters. The van der Waals surface area contributed by atoms with Gasteiger partial charge in [-0.3, -0.25) is 9.69 Å². The average molecular weight is 378 g/mol. The predicted octanol–water partition coefficient (Wildman–Crippen LogP) is 2.54. The molecule has 0 radical (unpaired) electrons. The van der Waals surface area contributed by atoms with Gasteiger partial charge in [0.25, 0.3) is 5.91 Å². The fraction of sp³-hybridized carbons (Fsp3) is 0.611. The van der Waals surface area contributed by atoms with E-state index in [1.807, 2.05) is 20.8 Å². The molecule has 1 unspecified atom stereocenters. The zero-order valence-electron chi connectivity index (χ0n) is 15.7. The zero-order chi connectivity index (χ0) is 18.8. The summed E-state index contributed by atoms with van der Waals surface area (Å²) in [4.78, 5) is 22.3. The lowest BCUT2D eigenvalue weighted by Gasteiger charge is -2.28. The zero-order valence-corrected chi connectivity index (χ0v) is 16.5. The molecule has 0 spiro atoms. The molecule has 7 nitrogen and oxygen atoms in total. The van der Waals surface area contributed by atoms with Crippen LogP contribution in [-0.2, 0) is 6.54 Å². The van der Waals surface area contributed by atoms with Crippen molar-refractivity contribution in [3.8, 4) is 0 Å². The van der Waals surface area contributed by atoms with Crippen LogP contribution in [0.25, 0.3) is 0 Å². The Bertz CT molecular complexity index is 764. The molecule has 0 aromatic carbocycles.